The van der Waals surface area contributed by atoms with E-state index in [2.05, 4.69) is 34.9 Å². The van der Waals surface area contributed by atoms with Crippen LogP contribution in [0.2, 0.25) is 25.1 Å². The molecule has 0 spiro atoms. The van der Waals surface area contributed by atoms with E-state index in [1.807, 2.05) is 196 Å². The van der Waals surface area contributed by atoms with E-state index < -0.39 is 28.3 Å². The summed E-state index contributed by atoms with van der Waals surface area (Å²) in [5.74, 6) is -0.971. The monoisotopic (exact) mass is 2050 g/mol. The van der Waals surface area contributed by atoms with E-state index in [4.69, 9.17) is 58.0 Å². The fourth-order valence-corrected chi connectivity index (χ4v) is 23.3. The Kier molecular flexibility index (Phi) is 26.2. The largest absolute Gasteiger partial charge is 0.309 e. The molecule has 5 unspecified atom stereocenters. The van der Waals surface area contributed by atoms with E-state index in [1.54, 1.807) is 197 Å². The van der Waals surface area contributed by atoms with Gasteiger partial charge in [-0.2, -0.15) is 0 Å². The van der Waals surface area contributed by atoms with Gasteiger partial charge in [0.2, 0.25) is 0 Å². The van der Waals surface area contributed by atoms with Crippen molar-refractivity contribution in [2.75, 3.05) is 65.4 Å². The molecule has 5 atom stereocenters. The molecule has 5 saturated heterocycles. The first kappa shape index (κ1) is 97.3. The third-order valence-electron chi connectivity index (χ3n) is 29.7. The first-order valence-electron chi connectivity index (χ1n) is 48.2. The number of amides is 10. The molecule has 10 amide bonds. The topological polar surface area (TPSA) is 293 Å². The van der Waals surface area contributed by atoms with E-state index in [1.165, 1.54) is 0 Å². The molecular weight excluding hydrogens is 1960 g/mol. The average Bonchev–Trinajstić information content (AvgIpc) is 1.59. The van der Waals surface area contributed by atoms with Gasteiger partial charge >= 0.3 is 0 Å². The standard InChI is InChI=1S/2C24H20ClN3O2.C23H19ClN4O2.C22H17ClN4O2.C22H18ClN3O2/c1-16-2-4-17(5-3-16)22(29)27-12-13-28-23(30)21-10-11-26-15-18(21)14-24(27,28)19-6-8-20(25)9-7-19;1-16-4-6-17(7-5-16)22(29)27-13-14-28-23(30)20-3-2-12-26-21(20)15-24(27,28)18-8-10-19(25)11-9-18;1-15-2-3-16(14-26-15)21(29)27-10-11-28-22(30)20-8-9-25-13-17(20)12-23(27,28)18-4-6-19(24)7-5-18;23-18-5-3-17(4-6-18)22-12-16-14-25-9-7-19(16)21(29)27(22)11-10-26(22)20(28)15-2-1-8-24-13-15;23-18-7-5-17(6-8-18)22-13-16-14-24-10-9-19(16)21(28)26(22)12-11-25(22)20(27)15-3-1-2-4-15/h2-11,15H,12-14H2,1H3;2-12H,13-15H2,1H3;2-9,13-14H,10-12H2,1H3;1-9,13-14H,10-12H2;1,3-10,14H,2,11-13H2. The van der Waals surface area contributed by atoms with Crippen molar-refractivity contribution in [2.45, 2.75) is 87.6 Å². The third-order valence-corrected chi connectivity index (χ3v) is 30.9. The number of allylic oxidation sites excluding steroid dienone is 2. The van der Waals surface area contributed by atoms with Gasteiger partial charge in [0.05, 0.1) is 22.4 Å². The molecule has 147 heavy (non-hydrogen) atoms. The lowest BCUT2D eigenvalue weighted by atomic mass is 9.84. The van der Waals surface area contributed by atoms with Gasteiger partial charge in [0.25, 0.3) is 59.1 Å². The zero-order chi connectivity index (χ0) is 102. The molecule has 10 aliphatic heterocycles. The number of hydrogen-bond donors (Lipinski definition) is 0. The summed E-state index contributed by atoms with van der Waals surface area (Å²) < 4.78 is 0. The molecule has 0 saturated carbocycles. The van der Waals surface area contributed by atoms with Crippen LogP contribution in [0.5, 0.6) is 0 Å². The van der Waals surface area contributed by atoms with Crippen molar-refractivity contribution in [1.82, 2.24) is 83.9 Å². The van der Waals surface area contributed by atoms with Crippen LogP contribution < -0.4 is 0 Å². The van der Waals surface area contributed by atoms with E-state index in [-0.39, 0.29) is 59.1 Å². The Labute approximate surface area is 872 Å². The summed E-state index contributed by atoms with van der Waals surface area (Å²) in [5.41, 5.74) is 12.9. The third kappa shape index (κ3) is 17.1. The van der Waals surface area contributed by atoms with Gasteiger partial charge in [0, 0.05) is 242 Å². The maximum absolute atomic E-state index is 13.6. The molecule has 7 aromatic carbocycles. The molecule has 0 radical (unpaired) electrons. The fraction of sp³-hybridized carbons (Fsp3) is 0.209. The number of hydrogen-bond acceptors (Lipinski definition) is 17. The van der Waals surface area contributed by atoms with Crippen LogP contribution in [0.25, 0.3) is 0 Å². The number of carbonyl (C=O) groups is 10. The first-order valence-corrected chi connectivity index (χ1v) is 50.1. The van der Waals surface area contributed by atoms with Crippen molar-refractivity contribution < 1.29 is 47.9 Å². The molecule has 0 N–H and O–H groups in total. The van der Waals surface area contributed by atoms with Crippen LogP contribution >= 0.6 is 58.0 Å². The summed E-state index contributed by atoms with van der Waals surface area (Å²) in [4.78, 5) is 182. The number of aromatic nitrogens is 7. The number of rotatable bonds is 10. The second-order valence-electron chi connectivity index (χ2n) is 37.7. The average molecular weight is 2050 g/mol. The Balaban J connectivity index is 0.000000108. The molecule has 32 heteroatoms. The Hall–Kier alpha value is -15.8. The van der Waals surface area contributed by atoms with Gasteiger partial charge in [-0.3, -0.25) is 82.8 Å². The maximum Gasteiger partial charge on any atom is 0.257 e. The van der Waals surface area contributed by atoms with Gasteiger partial charge in [-0.1, -0.05) is 172 Å². The molecule has 17 heterocycles. The lowest BCUT2D eigenvalue weighted by Gasteiger charge is -2.47. The van der Waals surface area contributed by atoms with Crippen LogP contribution in [-0.4, -0.2) is 208 Å². The van der Waals surface area contributed by atoms with Crippen molar-refractivity contribution in [3.63, 3.8) is 0 Å². The Morgan fingerprint density at radius 1 is 0.272 bits per heavy atom. The lowest BCUT2D eigenvalue weighted by Crippen LogP contribution is -2.58. The van der Waals surface area contributed by atoms with Crippen LogP contribution in [0.3, 0.4) is 0 Å². The summed E-state index contributed by atoms with van der Waals surface area (Å²) in [6.07, 6.45) is 28.8. The van der Waals surface area contributed by atoms with E-state index in [0.29, 0.717) is 184 Å². The van der Waals surface area contributed by atoms with Gasteiger partial charge in [-0.05, 0) is 223 Å². The minimum absolute atomic E-state index is 0.0497. The van der Waals surface area contributed by atoms with Crippen LogP contribution in [0.4, 0.5) is 0 Å². The first-order chi connectivity index (χ1) is 71.2. The van der Waals surface area contributed by atoms with Crippen LogP contribution in [0.1, 0.15) is 172 Å². The second-order valence-corrected chi connectivity index (χ2v) is 39.8. The van der Waals surface area contributed by atoms with Gasteiger partial charge in [0.1, 0.15) is 28.3 Å². The zero-order valence-electron chi connectivity index (χ0n) is 80.0. The zero-order valence-corrected chi connectivity index (χ0v) is 83.8. The van der Waals surface area contributed by atoms with Crippen molar-refractivity contribution in [3.05, 3.63) is 476 Å². The fourth-order valence-electron chi connectivity index (χ4n) is 22.7. The molecule has 734 valence electrons. The lowest BCUT2D eigenvalue weighted by molar-refractivity contribution is -0.134. The normalized spacial score (nSPS) is 20.7. The highest BCUT2D eigenvalue weighted by Gasteiger charge is 2.62. The smallest absolute Gasteiger partial charge is 0.257 e. The van der Waals surface area contributed by atoms with Crippen molar-refractivity contribution >= 4 is 117 Å². The molecule has 11 aliphatic rings. The van der Waals surface area contributed by atoms with E-state index in [0.717, 1.165) is 73.3 Å². The minimum Gasteiger partial charge on any atom is -0.309 e. The highest BCUT2D eigenvalue weighted by atomic mass is 35.5. The van der Waals surface area contributed by atoms with Crippen LogP contribution in [0, 0.1) is 20.8 Å². The molecule has 27 nitrogen and oxygen atoms in total. The number of benzene rings is 7. The molecule has 14 aromatic rings. The minimum atomic E-state index is -0.931. The molecule has 7 aromatic heterocycles. The SMILES string of the molecule is Cc1ccc(C(=O)N2CCN3C(=O)c4cccnc4CC23c2ccc(Cl)cc2)cc1.Cc1ccc(C(=O)N2CCN3C(=O)c4ccncc4CC23c2ccc(Cl)cc2)cc1.Cc1ccc(C(=O)N2CCN3C(=O)c4ccncc4CC23c2ccc(Cl)cc2)cn1.O=C(C1=CCC=C1)N1CCN2C(=O)c3ccncc3CC12c1ccc(Cl)cc1.O=C(c1cccnc1)N1CCN2C(=O)c3ccncc3CC12c1ccc(Cl)cc1. The molecule has 25 rings (SSSR count). The predicted molar refractivity (Wildman–Crippen MR) is 554 cm³/mol. The number of halogens is 5. The van der Waals surface area contributed by atoms with Crippen LogP contribution in [0.15, 0.2) is 329 Å². The summed E-state index contributed by atoms with van der Waals surface area (Å²) in [5, 5.41) is 3.04. The van der Waals surface area contributed by atoms with Gasteiger partial charge in [-0.15, -0.1) is 0 Å². The molecule has 5 fully saturated rings. The van der Waals surface area contributed by atoms with E-state index >= 15 is 0 Å². The molecular formula is C115H94Cl5N17O10. The number of aryl methyl sites for hydroxylation is 3. The Bertz CT molecular complexity index is 7230. The van der Waals surface area contributed by atoms with Gasteiger partial charge in [0.15, 0.2) is 0 Å². The van der Waals surface area contributed by atoms with E-state index in [9.17, 15) is 47.9 Å². The summed E-state index contributed by atoms with van der Waals surface area (Å²) >= 11 is 30.6. The number of carbonyl (C=O) groups excluding carboxylic acids is 10. The van der Waals surface area contributed by atoms with Gasteiger partial charge in [-0.25, -0.2) is 0 Å². The number of pyridine rings is 7. The van der Waals surface area contributed by atoms with Crippen molar-refractivity contribution in [3.8, 4) is 0 Å². The van der Waals surface area contributed by atoms with Crippen LogP contribution in [-0.2, 0) is 65.2 Å². The maximum atomic E-state index is 13.6. The summed E-state index contributed by atoms with van der Waals surface area (Å²) in [6, 6.07) is 69.8. The number of nitrogens with zero attached hydrogens (tertiary/aromatic N) is 17. The Morgan fingerprint density at radius 3 is 0.871 bits per heavy atom. The highest BCUT2D eigenvalue weighted by molar-refractivity contribution is 6.32. The predicted octanol–water partition coefficient (Wildman–Crippen LogP) is 18.0. The summed E-state index contributed by atoms with van der Waals surface area (Å²) in [6.45, 7) is 10.5. The highest BCUT2D eigenvalue weighted by Crippen LogP contribution is 2.53. The number of fused-ring (bicyclic) bond motifs is 10. The quantitative estimate of drug-likeness (QED) is 0.123. The van der Waals surface area contributed by atoms with Crippen molar-refractivity contribution in [2.24, 2.45) is 0 Å². The van der Waals surface area contributed by atoms with Gasteiger partial charge < -0.3 is 49.0 Å². The Morgan fingerprint density at radius 2 is 0.565 bits per heavy atom. The summed E-state index contributed by atoms with van der Waals surface area (Å²) in [7, 11) is 0. The second kappa shape index (κ2) is 39.6. The molecule has 1 aliphatic carbocycles. The molecule has 0 bridgehead atoms. The van der Waals surface area contributed by atoms with Crippen molar-refractivity contribution in [1.29, 1.82) is 0 Å².